The highest BCUT2D eigenvalue weighted by Gasteiger charge is 2.20. The van der Waals surface area contributed by atoms with Gasteiger partial charge in [0.1, 0.15) is 0 Å². The largest absolute Gasteiger partial charge is 0.244 e. The lowest BCUT2D eigenvalue weighted by Crippen LogP contribution is -2.09. The van der Waals surface area contributed by atoms with Crippen molar-refractivity contribution in [3.05, 3.63) is 119 Å². The van der Waals surface area contributed by atoms with Crippen LogP contribution in [0.3, 0.4) is 0 Å². The molecule has 6 rings (SSSR count). The molecular weight excluding hydrogens is 364 g/mol. The topological polar surface area (TPSA) is 25.8 Å². The molecule has 30 heavy (non-hydrogen) atoms. The van der Waals surface area contributed by atoms with Gasteiger partial charge < -0.3 is 0 Å². The van der Waals surface area contributed by atoms with E-state index >= 15 is 0 Å². The second-order valence-corrected chi connectivity index (χ2v) is 7.85. The summed E-state index contributed by atoms with van der Waals surface area (Å²) in [5.41, 5.74) is 11.6. The highest BCUT2D eigenvalue weighted by atomic mass is 14.8. The molecule has 2 nitrogen and oxygen atoms in total. The van der Waals surface area contributed by atoms with Gasteiger partial charge in [-0.05, 0) is 34.7 Å². The van der Waals surface area contributed by atoms with Gasteiger partial charge in [-0.15, -0.1) is 0 Å². The van der Waals surface area contributed by atoms with Gasteiger partial charge in [0, 0.05) is 17.5 Å². The Labute approximate surface area is 175 Å². The molecule has 142 valence electrons. The second kappa shape index (κ2) is 6.93. The summed E-state index contributed by atoms with van der Waals surface area (Å²) in [6.07, 6.45) is 1.88. The van der Waals surface area contributed by atoms with Gasteiger partial charge in [-0.3, -0.25) is 0 Å². The predicted molar refractivity (Wildman–Crippen MR) is 122 cm³/mol. The second-order valence-electron chi connectivity index (χ2n) is 7.85. The monoisotopic (exact) mass is 384 g/mol. The van der Waals surface area contributed by atoms with Crippen molar-refractivity contribution in [2.45, 2.75) is 12.8 Å². The first kappa shape index (κ1) is 17.1. The number of hydrogen-bond acceptors (Lipinski definition) is 2. The lowest BCUT2D eigenvalue weighted by atomic mass is 9.85. The molecule has 0 N–H and O–H groups in total. The maximum absolute atomic E-state index is 5.25. The van der Waals surface area contributed by atoms with Crippen LogP contribution >= 0.6 is 0 Å². The quantitative estimate of drug-likeness (QED) is 0.342. The van der Waals surface area contributed by atoms with E-state index in [0.717, 1.165) is 46.4 Å². The third-order valence-electron chi connectivity index (χ3n) is 6.00. The molecule has 0 spiro atoms. The van der Waals surface area contributed by atoms with Gasteiger partial charge in [0.25, 0.3) is 0 Å². The minimum atomic E-state index is 0.913. The van der Waals surface area contributed by atoms with E-state index in [1.165, 1.54) is 22.3 Å². The van der Waals surface area contributed by atoms with E-state index in [-0.39, 0.29) is 0 Å². The lowest BCUT2D eigenvalue weighted by Gasteiger charge is -2.21. The molecule has 0 amide bonds. The Bertz CT molecular complexity index is 1370. The molecule has 0 saturated heterocycles. The van der Waals surface area contributed by atoms with Crippen molar-refractivity contribution in [1.29, 1.82) is 0 Å². The third kappa shape index (κ3) is 2.81. The minimum Gasteiger partial charge on any atom is -0.244 e. The van der Waals surface area contributed by atoms with Crippen LogP contribution in [0.4, 0.5) is 0 Å². The highest BCUT2D eigenvalue weighted by molar-refractivity contribution is 5.89. The Kier molecular flexibility index (Phi) is 3.95. The fourth-order valence-corrected chi connectivity index (χ4v) is 4.47. The van der Waals surface area contributed by atoms with Crippen LogP contribution in [0.1, 0.15) is 22.3 Å². The molecule has 0 saturated carbocycles. The third-order valence-corrected chi connectivity index (χ3v) is 6.00. The summed E-state index contributed by atoms with van der Waals surface area (Å²) < 4.78 is 0. The molecule has 1 aromatic heterocycles. The van der Waals surface area contributed by atoms with Gasteiger partial charge in [0.15, 0.2) is 0 Å². The van der Waals surface area contributed by atoms with Crippen LogP contribution in [0, 0.1) is 0 Å². The fraction of sp³-hybridized carbons (Fsp3) is 0.0714. The summed E-state index contributed by atoms with van der Waals surface area (Å²) in [7, 11) is 0. The average Bonchev–Trinajstić information content (AvgIpc) is 2.83. The van der Waals surface area contributed by atoms with Crippen molar-refractivity contribution in [2.75, 3.05) is 0 Å². The molecular formula is C28H20N2. The average molecular weight is 384 g/mol. The lowest BCUT2D eigenvalue weighted by molar-refractivity contribution is 1.01. The Hall–Kier alpha value is -3.78. The molecule has 4 aromatic carbocycles. The number of fused-ring (bicyclic) bond motifs is 4. The Morgan fingerprint density at radius 3 is 1.70 bits per heavy atom. The van der Waals surface area contributed by atoms with Gasteiger partial charge in [0.2, 0.25) is 0 Å². The van der Waals surface area contributed by atoms with Gasteiger partial charge in [-0.1, -0.05) is 91.0 Å². The van der Waals surface area contributed by atoms with Crippen LogP contribution in [0.15, 0.2) is 97.1 Å². The van der Waals surface area contributed by atoms with E-state index in [4.69, 9.17) is 9.97 Å². The highest BCUT2D eigenvalue weighted by Crippen LogP contribution is 2.35. The maximum Gasteiger partial charge on any atom is 0.0973 e. The molecule has 0 fully saturated rings. The SMILES string of the molecule is c1ccc(-c2nc3ccc4c(c3nc2-c2ccccc2)Cc2ccccc2C4)cc1. The van der Waals surface area contributed by atoms with E-state index in [9.17, 15) is 0 Å². The summed E-state index contributed by atoms with van der Waals surface area (Å²) in [5.74, 6) is 0. The summed E-state index contributed by atoms with van der Waals surface area (Å²) >= 11 is 0. The zero-order chi connectivity index (χ0) is 19.9. The van der Waals surface area contributed by atoms with Crippen LogP contribution in [0.2, 0.25) is 0 Å². The van der Waals surface area contributed by atoms with Gasteiger partial charge in [-0.2, -0.15) is 0 Å². The molecule has 0 bridgehead atoms. The number of rotatable bonds is 2. The Morgan fingerprint density at radius 1 is 0.467 bits per heavy atom. The summed E-state index contributed by atoms with van der Waals surface area (Å²) in [5, 5.41) is 0. The van der Waals surface area contributed by atoms with E-state index in [0.29, 0.717) is 0 Å². The standard InChI is InChI=1S/C28H20N2/c1-3-9-19(10-4-1)26-27(20-11-5-2-6-12-20)30-28-24-18-22-14-8-7-13-21(22)17-23(24)15-16-25(28)29-26/h1-16H,17-18H2. The Balaban J connectivity index is 1.62. The molecule has 1 heterocycles. The normalized spacial score (nSPS) is 12.4. The molecule has 0 unspecified atom stereocenters. The van der Waals surface area contributed by atoms with Crippen molar-refractivity contribution in [1.82, 2.24) is 9.97 Å². The van der Waals surface area contributed by atoms with Crippen molar-refractivity contribution in [3.63, 3.8) is 0 Å². The first-order valence-electron chi connectivity index (χ1n) is 10.4. The van der Waals surface area contributed by atoms with Crippen LogP contribution in [-0.4, -0.2) is 9.97 Å². The van der Waals surface area contributed by atoms with Gasteiger partial charge >= 0.3 is 0 Å². The molecule has 1 aliphatic carbocycles. The van der Waals surface area contributed by atoms with Crippen LogP contribution in [-0.2, 0) is 12.8 Å². The first-order valence-corrected chi connectivity index (χ1v) is 10.4. The molecule has 0 aliphatic heterocycles. The van der Waals surface area contributed by atoms with Crippen LogP contribution in [0.25, 0.3) is 33.5 Å². The van der Waals surface area contributed by atoms with Crippen molar-refractivity contribution < 1.29 is 0 Å². The van der Waals surface area contributed by atoms with Gasteiger partial charge in [0.05, 0.1) is 22.4 Å². The number of benzene rings is 4. The van der Waals surface area contributed by atoms with Gasteiger partial charge in [-0.25, -0.2) is 9.97 Å². The van der Waals surface area contributed by atoms with Crippen molar-refractivity contribution in [2.24, 2.45) is 0 Å². The van der Waals surface area contributed by atoms with E-state index in [2.05, 4.69) is 84.9 Å². The number of aromatic nitrogens is 2. The molecule has 1 aliphatic rings. The maximum atomic E-state index is 5.25. The number of hydrogen-bond donors (Lipinski definition) is 0. The molecule has 2 heteroatoms. The summed E-state index contributed by atoms with van der Waals surface area (Å²) in [6.45, 7) is 0. The van der Waals surface area contributed by atoms with E-state index in [1.807, 2.05) is 12.1 Å². The molecule has 0 radical (unpaired) electrons. The van der Waals surface area contributed by atoms with Crippen molar-refractivity contribution >= 4 is 11.0 Å². The molecule has 5 aromatic rings. The minimum absolute atomic E-state index is 0.913. The van der Waals surface area contributed by atoms with E-state index < -0.39 is 0 Å². The van der Waals surface area contributed by atoms with Crippen LogP contribution in [0.5, 0.6) is 0 Å². The summed E-state index contributed by atoms with van der Waals surface area (Å²) in [6, 6.07) is 33.9. The fourth-order valence-electron chi connectivity index (χ4n) is 4.47. The molecule has 0 atom stereocenters. The van der Waals surface area contributed by atoms with Crippen LogP contribution < -0.4 is 0 Å². The zero-order valence-corrected chi connectivity index (χ0v) is 16.5. The van der Waals surface area contributed by atoms with Crippen molar-refractivity contribution in [3.8, 4) is 22.5 Å². The first-order chi connectivity index (χ1) is 14.9. The zero-order valence-electron chi connectivity index (χ0n) is 16.5. The number of nitrogens with zero attached hydrogens (tertiary/aromatic N) is 2. The summed E-state index contributed by atoms with van der Waals surface area (Å²) in [4.78, 5) is 10.4. The predicted octanol–water partition coefficient (Wildman–Crippen LogP) is 6.46. The Morgan fingerprint density at radius 2 is 1.03 bits per heavy atom. The van der Waals surface area contributed by atoms with E-state index in [1.54, 1.807) is 0 Å². The smallest absolute Gasteiger partial charge is 0.0973 e.